The van der Waals surface area contributed by atoms with Crippen LogP contribution < -0.4 is 4.74 Å². The van der Waals surface area contributed by atoms with Crippen molar-refractivity contribution in [3.8, 4) is 5.75 Å². The van der Waals surface area contributed by atoms with Crippen LogP contribution in [0.3, 0.4) is 0 Å². The molecule has 0 aliphatic heterocycles. The van der Waals surface area contributed by atoms with Gasteiger partial charge in [-0.25, -0.2) is 0 Å². The number of hydrogen-bond donors (Lipinski definition) is 1. The molecule has 2 rings (SSSR count). The Labute approximate surface area is 155 Å². The summed E-state index contributed by atoms with van der Waals surface area (Å²) in [7, 11) is 0. The first-order valence-electron chi connectivity index (χ1n) is 7.14. The lowest BCUT2D eigenvalue weighted by Crippen LogP contribution is -2.07. The van der Waals surface area contributed by atoms with Crippen molar-refractivity contribution in [2.24, 2.45) is 0 Å². The van der Waals surface area contributed by atoms with Gasteiger partial charge in [-0.3, -0.25) is 0 Å². The first kappa shape index (κ1) is 18.7. The molecule has 0 saturated carbocycles. The van der Waals surface area contributed by atoms with Crippen molar-refractivity contribution in [3.05, 3.63) is 62.1 Å². The SMILES string of the molecule is OCC(CCCOc1cc(Cl)cc(Cl)c1)c1ccc(Cl)cc1Cl. The van der Waals surface area contributed by atoms with E-state index in [-0.39, 0.29) is 12.5 Å². The fourth-order valence-corrected chi connectivity index (χ4v) is 3.38. The largest absolute Gasteiger partial charge is 0.493 e. The summed E-state index contributed by atoms with van der Waals surface area (Å²) >= 11 is 23.9. The Morgan fingerprint density at radius 1 is 0.913 bits per heavy atom. The second-order valence-corrected chi connectivity index (χ2v) is 6.86. The van der Waals surface area contributed by atoms with Gasteiger partial charge in [-0.2, -0.15) is 0 Å². The van der Waals surface area contributed by atoms with Crippen molar-refractivity contribution >= 4 is 46.4 Å². The molecule has 1 atom stereocenters. The van der Waals surface area contributed by atoms with Crippen LogP contribution in [0.25, 0.3) is 0 Å². The van der Waals surface area contributed by atoms with Crippen LogP contribution in [0.2, 0.25) is 20.1 Å². The maximum Gasteiger partial charge on any atom is 0.122 e. The maximum atomic E-state index is 9.60. The first-order chi connectivity index (χ1) is 11.0. The van der Waals surface area contributed by atoms with Crippen molar-refractivity contribution in [2.75, 3.05) is 13.2 Å². The normalized spacial score (nSPS) is 12.2. The van der Waals surface area contributed by atoms with Crippen LogP contribution in [0.4, 0.5) is 0 Å². The molecule has 124 valence electrons. The fraction of sp³-hybridized carbons (Fsp3) is 0.294. The lowest BCUT2D eigenvalue weighted by Gasteiger charge is -2.16. The Bertz CT molecular complexity index is 641. The smallest absolute Gasteiger partial charge is 0.122 e. The van der Waals surface area contributed by atoms with Crippen molar-refractivity contribution < 1.29 is 9.84 Å². The Morgan fingerprint density at radius 3 is 2.22 bits per heavy atom. The molecule has 0 aliphatic rings. The van der Waals surface area contributed by atoms with E-state index in [1.165, 1.54) is 0 Å². The summed E-state index contributed by atoms with van der Waals surface area (Å²) in [5, 5.41) is 11.8. The topological polar surface area (TPSA) is 29.5 Å². The van der Waals surface area contributed by atoms with Gasteiger partial charge in [-0.05, 0) is 48.7 Å². The first-order valence-corrected chi connectivity index (χ1v) is 8.65. The van der Waals surface area contributed by atoms with Gasteiger partial charge in [0, 0.05) is 32.6 Å². The summed E-state index contributed by atoms with van der Waals surface area (Å²) in [4.78, 5) is 0. The molecule has 23 heavy (non-hydrogen) atoms. The van der Waals surface area contributed by atoms with Gasteiger partial charge in [0.2, 0.25) is 0 Å². The van der Waals surface area contributed by atoms with Crippen molar-refractivity contribution in [1.29, 1.82) is 0 Å². The van der Waals surface area contributed by atoms with Crippen LogP contribution in [-0.4, -0.2) is 18.3 Å². The lowest BCUT2D eigenvalue weighted by molar-refractivity contribution is 0.243. The molecule has 0 fully saturated rings. The Balaban J connectivity index is 1.88. The van der Waals surface area contributed by atoms with E-state index in [1.807, 2.05) is 6.07 Å². The predicted octanol–water partition coefficient (Wildman–Crippen LogP) is 6.24. The van der Waals surface area contributed by atoms with Crippen LogP contribution >= 0.6 is 46.4 Å². The minimum absolute atomic E-state index is 0.0182. The van der Waals surface area contributed by atoms with Crippen LogP contribution in [-0.2, 0) is 0 Å². The maximum absolute atomic E-state index is 9.60. The number of ether oxygens (including phenoxy) is 1. The molecule has 0 saturated heterocycles. The number of rotatable bonds is 7. The van der Waals surface area contributed by atoms with Crippen LogP contribution in [0.1, 0.15) is 24.3 Å². The fourth-order valence-electron chi connectivity index (χ4n) is 2.31. The summed E-state index contributed by atoms with van der Waals surface area (Å²) in [6.07, 6.45) is 1.50. The van der Waals surface area contributed by atoms with Crippen LogP contribution in [0.15, 0.2) is 36.4 Å². The number of hydrogen-bond acceptors (Lipinski definition) is 2. The molecule has 0 aliphatic carbocycles. The predicted molar refractivity (Wildman–Crippen MR) is 97.5 cm³/mol. The zero-order valence-corrected chi connectivity index (χ0v) is 15.3. The van der Waals surface area contributed by atoms with Gasteiger partial charge in [0.1, 0.15) is 5.75 Å². The highest BCUT2D eigenvalue weighted by Gasteiger charge is 2.14. The number of aliphatic hydroxyl groups is 1. The van der Waals surface area contributed by atoms with E-state index in [1.54, 1.807) is 30.3 Å². The van der Waals surface area contributed by atoms with E-state index in [0.717, 1.165) is 18.4 Å². The minimum Gasteiger partial charge on any atom is -0.493 e. The highest BCUT2D eigenvalue weighted by molar-refractivity contribution is 6.35. The molecule has 0 heterocycles. The van der Waals surface area contributed by atoms with E-state index < -0.39 is 0 Å². The second-order valence-electron chi connectivity index (χ2n) is 5.14. The Hall–Kier alpha value is -0.640. The molecule has 6 heteroatoms. The quantitative estimate of drug-likeness (QED) is 0.564. The highest BCUT2D eigenvalue weighted by Crippen LogP contribution is 2.30. The minimum atomic E-state index is -0.0497. The molecule has 1 unspecified atom stereocenters. The zero-order valence-electron chi connectivity index (χ0n) is 12.2. The van der Waals surface area contributed by atoms with Crippen molar-refractivity contribution in [2.45, 2.75) is 18.8 Å². The molecule has 2 aromatic carbocycles. The summed E-state index contributed by atoms with van der Waals surface area (Å²) in [6, 6.07) is 10.4. The molecular weight excluding hydrogens is 378 g/mol. The summed E-state index contributed by atoms with van der Waals surface area (Å²) in [5.41, 5.74) is 0.893. The van der Waals surface area contributed by atoms with Crippen LogP contribution in [0, 0.1) is 0 Å². The number of aliphatic hydroxyl groups excluding tert-OH is 1. The highest BCUT2D eigenvalue weighted by atomic mass is 35.5. The van der Waals surface area contributed by atoms with E-state index in [4.69, 9.17) is 51.1 Å². The summed E-state index contributed by atoms with van der Waals surface area (Å²) < 4.78 is 5.64. The Morgan fingerprint density at radius 2 is 1.61 bits per heavy atom. The number of halogens is 4. The standard InChI is InChI=1S/C17H16Cl4O2/c18-12-3-4-16(17(21)9-12)11(10-22)2-1-5-23-15-7-13(19)6-14(20)8-15/h3-4,6-9,11,22H,1-2,5,10H2. The molecule has 0 amide bonds. The van der Waals surface area contributed by atoms with Gasteiger partial charge in [-0.1, -0.05) is 52.5 Å². The van der Waals surface area contributed by atoms with E-state index >= 15 is 0 Å². The molecule has 2 aromatic rings. The van der Waals surface area contributed by atoms with Gasteiger partial charge < -0.3 is 9.84 Å². The Kier molecular flexibility index (Phi) is 7.32. The van der Waals surface area contributed by atoms with Gasteiger partial charge in [0.25, 0.3) is 0 Å². The average Bonchev–Trinajstić information content (AvgIpc) is 2.47. The molecule has 2 nitrogen and oxygen atoms in total. The summed E-state index contributed by atoms with van der Waals surface area (Å²) in [6.45, 7) is 0.517. The van der Waals surface area contributed by atoms with Gasteiger partial charge >= 0.3 is 0 Å². The second kappa shape index (κ2) is 9.00. The van der Waals surface area contributed by atoms with E-state index in [0.29, 0.717) is 32.4 Å². The summed E-state index contributed by atoms with van der Waals surface area (Å²) in [5.74, 6) is 0.582. The molecule has 1 N–H and O–H groups in total. The van der Waals surface area contributed by atoms with Crippen molar-refractivity contribution in [3.63, 3.8) is 0 Å². The van der Waals surface area contributed by atoms with E-state index in [2.05, 4.69) is 0 Å². The third-order valence-electron chi connectivity index (χ3n) is 3.42. The van der Waals surface area contributed by atoms with Gasteiger partial charge in [0.05, 0.1) is 6.61 Å². The van der Waals surface area contributed by atoms with Gasteiger partial charge in [-0.15, -0.1) is 0 Å². The monoisotopic (exact) mass is 392 g/mol. The van der Waals surface area contributed by atoms with Crippen molar-refractivity contribution in [1.82, 2.24) is 0 Å². The molecular formula is C17H16Cl4O2. The molecule has 0 spiro atoms. The third kappa shape index (κ3) is 5.74. The number of benzene rings is 2. The van der Waals surface area contributed by atoms with E-state index in [9.17, 15) is 5.11 Å². The zero-order chi connectivity index (χ0) is 16.8. The third-order valence-corrected chi connectivity index (χ3v) is 4.42. The molecule has 0 radical (unpaired) electrons. The molecule has 0 bridgehead atoms. The average molecular weight is 394 g/mol. The van der Waals surface area contributed by atoms with Crippen LogP contribution in [0.5, 0.6) is 5.75 Å². The lowest BCUT2D eigenvalue weighted by atomic mass is 9.95. The molecule has 0 aromatic heterocycles. The van der Waals surface area contributed by atoms with Gasteiger partial charge in [0.15, 0.2) is 0 Å².